The fourth-order valence-corrected chi connectivity index (χ4v) is 0.0563. The van der Waals surface area contributed by atoms with Crippen molar-refractivity contribution >= 4 is 0 Å². The second kappa shape index (κ2) is 2.51. The van der Waals surface area contributed by atoms with Gasteiger partial charge in [0.2, 0.25) is 0 Å². The van der Waals surface area contributed by atoms with Gasteiger partial charge in [0, 0.05) is 0 Å². The van der Waals surface area contributed by atoms with Crippen LogP contribution in [0.4, 0.5) is 8.78 Å². The van der Waals surface area contributed by atoms with E-state index < -0.39 is 12.3 Å². The van der Waals surface area contributed by atoms with Gasteiger partial charge in [0.05, 0.1) is 6.07 Å². The molecule has 0 aromatic heterocycles. The summed E-state index contributed by atoms with van der Waals surface area (Å²) in [5.41, 5.74) is 0. The summed E-state index contributed by atoms with van der Waals surface area (Å²) < 4.78 is 22.4. The summed E-state index contributed by atoms with van der Waals surface area (Å²) in [6, 6.07) is 1.41. The van der Waals surface area contributed by atoms with Crippen LogP contribution < -0.4 is 0 Å². The molecule has 0 radical (unpaired) electrons. The van der Waals surface area contributed by atoms with E-state index in [0.717, 1.165) is 0 Å². The minimum atomic E-state index is -2.50. The van der Waals surface area contributed by atoms with Gasteiger partial charge in [-0.15, -0.1) is 0 Å². The molecule has 1 nitrogen and oxygen atoms in total. The Bertz CT molecular complexity index is 84.2. The van der Waals surface area contributed by atoms with E-state index in [9.17, 15) is 8.78 Å². The second-order valence-electron chi connectivity index (χ2n) is 1.25. The molecule has 0 saturated heterocycles. The number of alkyl halides is 2. The molecule has 3 heteroatoms. The van der Waals surface area contributed by atoms with Gasteiger partial charge >= 0.3 is 0 Å². The molecule has 7 heavy (non-hydrogen) atoms. The van der Waals surface area contributed by atoms with Crippen molar-refractivity contribution in [3.05, 3.63) is 0 Å². The summed E-state index contributed by atoms with van der Waals surface area (Å²) in [4.78, 5) is 0. The lowest BCUT2D eigenvalue weighted by atomic mass is 10.2. The van der Waals surface area contributed by atoms with Gasteiger partial charge in [0.15, 0.2) is 0 Å². The normalized spacial score (nSPS) is 13.6. The molecule has 0 heterocycles. The molecule has 0 N–H and O–H groups in total. The maximum Gasteiger partial charge on any atom is 0.253 e. The van der Waals surface area contributed by atoms with Crippen LogP contribution in [0.15, 0.2) is 0 Å². The van der Waals surface area contributed by atoms with E-state index in [1.165, 1.54) is 13.0 Å². The van der Waals surface area contributed by atoms with Crippen LogP contribution in [0.2, 0.25) is 0 Å². The zero-order chi connectivity index (χ0) is 5.86. The molecule has 0 aliphatic rings. The fraction of sp³-hybridized carbons (Fsp3) is 0.750. The molecule has 1 unspecified atom stereocenters. The van der Waals surface area contributed by atoms with Crippen molar-refractivity contribution in [1.82, 2.24) is 0 Å². The van der Waals surface area contributed by atoms with Crippen molar-refractivity contribution in [2.75, 3.05) is 0 Å². The van der Waals surface area contributed by atoms with Crippen molar-refractivity contribution in [2.45, 2.75) is 13.3 Å². The third-order valence-corrected chi connectivity index (χ3v) is 0.582. The number of nitriles is 1. The molecule has 0 amide bonds. The van der Waals surface area contributed by atoms with Crippen LogP contribution in [-0.2, 0) is 0 Å². The number of halogens is 2. The number of rotatable bonds is 1. The maximum absolute atomic E-state index is 11.2. The lowest BCUT2D eigenvalue weighted by molar-refractivity contribution is 0.112. The van der Waals surface area contributed by atoms with Crippen molar-refractivity contribution in [1.29, 1.82) is 5.26 Å². The second-order valence-corrected chi connectivity index (χ2v) is 1.25. The lowest BCUT2D eigenvalue weighted by Crippen LogP contribution is -2.01. The molecule has 0 bridgehead atoms. The summed E-state index contributed by atoms with van der Waals surface area (Å²) >= 11 is 0. The van der Waals surface area contributed by atoms with Crippen molar-refractivity contribution in [3.63, 3.8) is 0 Å². The molecule has 0 aromatic carbocycles. The molecule has 0 aromatic rings. The van der Waals surface area contributed by atoms with Gasteiger partial charge in [0.1, 0.15) is 5.92 Å². The van der Waals surface area contributed by atoms with E-state index in [1.54, 1.807) is 0 Å². The SMILES string of the molecule is CC(C#N)C(F)F. The molecule has 40 valence electrons. The summed E-state index contributed by atoms with van der Waals surface area (Å²) in [7, 11) is 0. The van der Waals surface area contributed by atoms with Crippen molar-refractivity contribution < 1.29 is 8.78 Å². The molecule has 0 aliphatic heterocycles. The molecular formula is C4H5F2N. The smallest absolute Gasteiger partial charge is 0.209 e. The summed E-state index contributed by atoms with van der Waals surface area (Å²) in [6.07, 6.45) is -2.50. The van der Waals surface area contributed by atoms with Gasteiger partial charge in [-0.05, 0) is 6.92 Å². The number of hydrogen-bond donors (Lipinski definition) is 0. The molecule has 0 spiro atoms. The van der Waals surface area contributed by atoms with E-state index >= 15 is 0 Å². The number of hydrogen-bond acceptors (Lipinski definition) is 1. The lowest BCUT2D eigenvalue weighted by Gasteiger charge is -1.94. The van der Waals surface area contributed by atoms with Crippen LogP contribution >= 0.6 is 0 Å². The highest BCUT2D eigenvalue weighted by atomic mass is 19.3. The standard InChI is InChI=1S/C4H5F2N/c1-3(2-7)4(5)6/h3-4H,1H3. The Labute approximate surface area is 40.6 Å². The van der Waals surface area contributed by atoms with Gasteiger partial charge in [-0.25, -0.2) is 8.78 Å². The molecule has 0 aliphatic carbocycles. The average Bonchev–Trinajstić information content (AvgIpc) is 1.65. The Morgan fingerprint density at radius 1 is 1.57 bits per heavy atom. The van der Waals surface area contributed by atoms with E-state index in [1.807, 2.05) is 0 Å². The Morgan fingerprint density at radius 3 is 2.00 bits per heavy atom. The summed E-state index contributed by atoms with van der Waals surface area (Å²) in [5.74, 6) is -1.13. The zero-order valence-corrected chi connectivity index (χ0v) is 3.86. The average molecular weight is 105 g/mol. The predicted octanol–water partition coefficient (Wildman–Crippen LogP) is 1.41. The van der Waals surface area contributed by atoms with Gasteiger partial charge in [0.25, 0.3) is 6.43 Å². The van der Waals surface area contributed by atoms with Gasteiger partial charge < -0.3 is 0 Å². The topological polar surface area (TPSA) is 23.8 Å². The monoisotopic (exact) mass is 105 g/mol. The van der Waals surface area contributed by atoms with Gasteiger partial charge in [-0.3, -0.25) is 0 Å². The van der Waals surface area contributed by atoms with E-state index in [4.69, 9.17) is 5.26 Å². The molecule has 0 saturated carbocycles. The summed E-state index contributed by atoms with van der Waals surface area (Å²) in [5, 5.41) is 7.78. The van der Waals surface area contributed by atoms with Crippen LogP contribution in [0.1, 0.15) is 6.92 Å². The first-order valence-corrected chi connectivity index (χ1v) is 1.86. The quantitative estimate of drug-likeness (QED) is 0.494. The minimum Gasteiger partial charge on any atom is -0.209 e. The Balaban J connectivity index is 3.40. The third-order valence-electron chi connectivity index (χ3n) is 0.582. The van der Waals surface area contributed by atoms with E-state index in [0.29, 0.717) is 0 Å². The van der Waals surface area contributed by atoms with Crippen molar-refractivity contribution in [2.24, 2.45) is 5.92 Å². The predicted molar refractivity (Wildman–Crippen MR) is 20.8 cm³/mol. The molecule has 1 atom stereocenters. The Kier molecular flexibility index (Phi) is 2.28. The Morgan fingerprint density at radius 2 is 2.00 bits per heavy atom. The Hall–Kier alpha value is -0.650. The van der Waals surface area contributed by atoms with Crippen LogP contribution in [-0.4, -0.2) is 6.43 Å². The minimum absolute atomic E-state index is 1.13. The highest BCUT2D eigenvalue weighted by molar-refractivity contribution is 4.79. The third kappa shape index (κ3) is 2.10. The molecule has 0 rings (SSSR count). The first-order valence-electron chi connectivity index (χ1n) is 1.86. The first-order chi connectivity index (χ1) is 3.18. The van der Waals surface area contributed by atoms with Crippen LogP contribution in [0.5, 0.6) is 0 Å². The van der Waals surface area contributed by atoms with Crippen LogP contribution in [0, 0.1) is 17.2 Å². The van der Waals surface area contributed by atoms with Gasteiger partial charge in [-0.1, -0.05) is 0 Å². The van der Waals surface area contributed by atoms with Crippen molar-refractivity contribution in [3.8, 4) is 6.07 Å². The number of nitrogens with zero attached hydrogens (tertiary/aromatic N) is 1. The van der Waals surface area contributed by atoms with E-state index in [-0.39, 0.29) is 0 Å². The van der Waals surface area contributed by atoms with E-state index in [2.05, 4.69) is 0 Å². The molecular weight excluding hydrogens is 100 g/mol. The van der Waals surface area contributed by atoms with Crippen LogP contribution in [0.25, 0.3) is 0 Å². The fourth-order valence-electron chi connectivity index (χ4n) is 0.0563. The van der Waals surface area contributed by atoms with Crippen LogP contribution in [0.3, 0.4) is 0 Å². The largest absolute Gasteiger partial charge is 0.253 e. The van der Waals surface area contributed by atoms with Gasteiger partial charge in [-0.2, -0.15) is 5.26 Å². The highest BCUT2D eigenvalue weighted by Crippen LogP contribution is 2.05. The summed E-state index contributed by atoms with van der Waals surface area (Å²) in [6.45, 7) is 1.19. The first kappa shape index (κ1) is 6.35. The molecule has 0 fully saturated rings. The zero-order valence-electron chi connectivity index (χ0n) is 3.86. The maximum atomic E-state index is 11.2. The highest BCUT2D eigenvalue weighted by Gasteiger charge is 2.11.